The normalized spacial score (nSPS) is 15.8. The van der Waals surface area contributed by atoms with Crippen molar-refractivity contribution in [2.45, 2.75) is 43.5 Å². The number of nitrogens with one attached hydrogen (secondary N) is 2. The van der Waals surface area contributed by atoms with Gasteiger partial charge in [0.25, 0.3) is 5.91 Å². The fourth-order valence-electron chi connectivity index (χ4n) is 3.23. The third-order valence-electron chi connectivity index (χ3n) is 4.51. The molecule has 0 radical (unpaired) electrons. The van der Waals surface area contributed by atoms with Crippen molar-refractivity contribution in [1.29, 1.82) is 0 Å². The Morgan fingerprint density at radius 2 is 2.04 bits per heavy atom. The molecule has 2 aromatic heterocycles. The first-order valence-corrected chi connectivity index (χ1v) is 10.1. The number of fused-ring (bicyclic) bond motifs is 1. The number of nitrogens with zero attached hydrogens (tertiary/aromatic N) is 3. The van der Waals surface area contributed by atoms with Gasteiger partial charge in [-0.1, -0.05) is 30.0 Å². The summed E-state index contributed by atoms with van der Waals surface area (Å²) in [5, 5.41) is 11.1. The van der Waals surface area contributed by atoms with Gasteiger partial charge in [-0.15, -0.1) is 0 Å². The number of carbonyl (C=O) groups is 1. The van der Waals surface area contributed by atoms with Crippen molar-refractivity contribution in [3.63, 3.8) is 0 Å². The fourth-order valence-corrected chi connectivity index (χ4v) is 4.38. The molecule has 0 aliphatic carbocycles. The maximum absolute atomic E-state index is 13.1. The molecule has 4 rings (SSSR count). The molecule has 1 atom stereocenters. The molecule has 3 heterocycles. The first-order chi connectivity index (χ1) is 13.3. The lowest BCUT2D eigenvalue weighted by atomic mass is 10.1. The van der Waals surface area contributed by atoms with Gasteiger partial charge in [0, 0.05) is 23.6 Å². The Balaban J connectivity index is 1.62. The van der Waals surface area contributed by atoms with Crippen molar-refractivity contribution >= 4 is 29.0 Å². The zero-order valence-electron chi connectivity index (χ0n) is 16.4. The van der Waals surface area contributed by atoms with Crippen molar-refractivity contribution in [3.05, 3.63) is 65.7 Å². The third kappa shape index (κ3) is 3.49. The van der Waals surface area contributed by atoms with Gasteiger partial charge < -0.3 is 10.6 Å². The number of benzene rings is 1. The van der Waals surface area contributed by atoms with Crippen LogP contribution in [-0.2, 0) is 5.54 Å². The second kappa shape index (κ2) is 6.98. The summed E-state index contributed by atoms with van der Waals surface area (Å²) >= 11 is 1.70. The fraction of sp³-hybridized carbons (Fsp3) is 0.286. The molecule has 0 fully saturated rings. The number of aromatic nitrogens is 3. The number of anilines is 2. The van der Waals surface area contributed by atoms with Crippen LogP contribution in [0.1, 0.15) is 47.9 Å². The minimum atomic E-state index is -0.280. The van der Waals surface area contributed by atoms with Gasteiger partial charge >= 0.3 is 0 Å². The van der Waals surface area contributed by atoms with Gasteiger partial charge in [0.1, 0.15) is 11.1 Å². The molecule has 0 saturated carbocycles. The lowest BCUT2D eigenvalue weighted by molar-refractivity contribution is 0.100. The lowest BCUT2D eigenvalue weighted by Gasteiger charge is -2.22. The second-order valence-corrected chi connectivity index (χ2v) is 8.96. The van der Waals surface area contributed by atoms with E-state index in [2.05, 4.69) is 20.7 Å². The number of amides is 1. The van der Waals surface area contributed by atoms with E-state index in [1.807, 2.05) is 70.3 Å². The maximum Gasteiger partial charge on any atom is 0.273 e. The zero-order chi connectivity index (χ0) is 19.9. The van der Waals surface area contributed by atoms with E-state index in [0.717, 1.165) is 27.5 Å². The average molecular weight is 394 g/mol. The van der Waals surface area contributed by atoms with Crippen molar-refractivity contribution < 1.29 is 4.79 Å². The van der Waals surface area contributed by atoms with Gasteiger partial charge in [0.15, 0.2) is 0 Å². The SMILES string of the molecule is Cc1cc(C(=O)Nc2ccccc2C2Nc3ccncc3S2)n(C(C)(C)C)n1. The van der Waals surface area contributed by atoms with Gasteiger partial charge in [0.05, 0.1) is 21.8 Å². The molecule has 2 N–H and O–H groups in total. The van der Waals surface area contributed by atoms with E-state index in [1.54, 1.807) is 22.6 Å². The summed E-state index contributed by atoms with van der Waals surface area (Å²) in [4.78, 5) is 18.4. The van der Waals surface area contributed by atoms with Gasteiger partial charge in [0.2, 0.25) is 0 Å². The van der Waals surface area contributed by atoms with Gasteiger partial charge in [-0.05, 0) is 45.9 Å². The van der Waals surface area contributed by atoms with E-state index in [0.29, 0.717) is 5.69 Å². The molecule has 144 valence electrons. The number of hydrogen-bond donors (Lipinski definition) is 2. The Hall–Kier alpha value is -2.80. The molecular weight excluding hydrogens is 370 g/mol. The Kier molecular flexibility index (Phi) is 4.63. The number of hydrogen-bond acceptors (Lipinski definition) is 5. The van der Waals surface area contributed by atoms with Crippen LogP contribution in [0.25, 0.3) is 0 Å². The molecule has 1 unspecified atom stereocenters. The number of thioether (sulfide) groups is 1. The van der Waals surface area contributed by atoms with Crippen LogP contribution in [0.2, 0.25) is 0 Å². The summed E-state index contributed by atoms with van der Waals surface area (Å²) in [5.41, 5.74) is 3.97. The van der Waals surface area contributed by atoms with Crippen LogP contribution in [0.4, 0.5) is 11.4 Å². The molecule has 28 heavy (non-hydrogen) atoms. The van der Waals surface area contributed by atoms with Gasteiger partial charge in [-0.25, -0.2) is 0 Å². The van der Waals surface area contributed by atoms with Gasteiger partial charge in [-0.3, -0.25) is 14.5 Å². The van der Waals surface area contributed by atoms with Crippen LogP contribution in [-0.4, -0.2) is 20.7 Å². The first-order valence-electron chi connectivity index (χ1n) is 9.17. The summed E-state index contributed by atoms with van der Waals surface area (Å²) < 4.78 is 1.78. The molecule has 6 nitrogen and oxygen atoms in total. The molecule has 1 amide bonds. The molecule has 0 saturated heterocycles. The van der Waals surface area contributed by atoms with E-state index in [9.17, 15) is 4.79 Å². The summed E-state index contributed by atoms with van der Waals surface area (Å²) in [6.45, 7) is 8.01. The van der Waals surface area contributed by atoms with E-state index >= 15 is 0 Å². The lowest BCUT2D eigenvalue weighted by Crippen LogP contribution is -2.29. The number of aryl methyl sites for hydroxylation is 1. The smallest absolute Gasteiger partial charge is 0.273 e. The van der Waals surface area contributed by atoms with Crippen LogP contribution < -0.4 is 10.6 Å². The molecule has 1 aliphatic rings. The third-order valence-corrected chi connectivity index (χ3v) is 5.69. The topological polar surface area (TPSA) is 71.8 Å². The molecular formula is C21H23N5OS. The van der Waals surface area contributed by atoms with Crippen LogP contribution in [0.3, 0.4) is 0 Å². The van der Waals surface area contributed by atoms with Crippen molar-refractivity contribution in [2.75, 3.05) is 10.6 Å². The summed E-state index contributed by atoms with van der Waals surface area (Å²) in [5.74, 6) is -0.162. The van der Waals surface area contributed by atoms with E-state index < -0.39 is 0 Å². The quantitative estimate of drug-likeness (QED) is 0.668. The van der Waals surface area contributed by atoms with Gasteiger partial charge in [-0.2, -0.15) is 5.10 Å². The highest BCUT2D eigenvalue weighted by molar-refractivity contribution is 8.00. The highest BCUT2D eigenvalue weighted by atomic mass is 32.2. The van der Waals surface area contributed by atoms with Crippen molar-refractivity contribution in [1.82, 2.24) is 14.8 Å². The van der Waals surface area contributed by atoms with Crippen molar-refractivity contribution in [3.8, 4) is 0 Å². The monoisotopic (exact) mass is 393 g/mol. The number of carbonyl (C=O) groups excluding carboxylic acids is 1. The van der Waals surface area contributed by atoms with Crippen LogP contribution in [0.15, 0.2) is 53.7 Å². The minimum Gasteiger partial charge on any atom is -0.368 e. The highest BCUT2D eigenvalue weighted by Crippen LogP contribution is 2.47. The first kappa shape index (κ1) is 18.6. The molecule has 0 spiro atoms. The largest absolute Gasteiger partial charge is 0.368 e. The number of rotatable bonds is 3. The molecule has 7 heteroatoms. The van der Waals surface area contributed by atoms with E-state index in [-0.39, 0.29) is 16.8 Å². The van der Waals surface area contributed by atoms with E-state index in [1.165, 1.54) is 0 Å². The maximum atomic E-state index is 13.1. The number of pyridine rings is 1. The molecule has 1 aliphatic heterocycles. The summed E-state index contributed by atoms with van der Waals surface area (Å²) in [7, 11) is 0. The van der Waals surface area contributed by atoms with Crippen LogP contribution in [0.5, 0.6) is 0 Å². The van der Waals surface area contributed by atoms with E-state index in [4.69, 9.17) is 0 Å². The predicted octanol–water partition coefficient (Wildman–Crippen LogP) is 4.81. The Morgan fingerprint density at radius 1 is 1.25 bits per heavy atom. The molecule has 0 bridgehead atoms. The number of para-hydroxylation sites is 1. The summed E-state index contributed by atoms with van der Waals surface area (Å²) in [6, 6.07) is 11.7. The Labute approximate surface area is 168 Å². The predicted molar refractivity (Wildman–Crippen MR) is 113 cm³/mol. The molecule has 3 aromatic rings. The average Bonchev–Trinajstić information content (AvgIpc) is 3.25. The van der Waals surface area contributed by atoms with Crippen molar-refractivity contribution in [2.24, 2.45) is 0 Å². The van der Waals surface area contributed by atoms with Crippen LogP contribution in [0, 0.1) is 6.92 Å². The van der Waals surface area contributed by atoms with Crippen LogP contribution >= 0.6 is 11.8 Å². The highest BCUT2D eigenvalue weighted by Gasteiger charge is 2.27. The minimum absolute atomic E-state index is 0.0185. The Bertz CT molecular complexity index is 1010. The summed E-state index contributed by atoms with van der Waals surface area (Å²) in [6.07, 6.45) is 3.64. The second-order valence-electron chi connectivity index (χ2n) is 7.81. The Morgan fingerprint density at radius 3 is 2.79 bits per heavy atom. The zero-order valence-corrected chi connectivity index (χ0v) is 17.2. The molecule has 1 aromatic carbocycles. The standard InChI is InChI=1S/C21H23N5OS/c1-13-11-17(26(25-13)21(2,3)4)19(27)23-15-8-6-5-7-14(15)20-24-16-9-10-22-12-18(16)28-20/h5-12,20,24H,1-4H3,(H,23,27).